The number of phenols is 1. The molecule has 16 heavy (non-hydrogen) atoms. The maximum absolute atomic E-state index is 12.4. The number of aromatic hydroxyl groups is 1. The summed E-state index contributed by atoms with van der Waals surface area (Å²) in [4.78, 5) is 10.4. The van der Waals surface area contributed by atoms with Gasteiger partial charge in [0.25, 0.3) is 0 Å². The number of phenolic OH excluding ortho intramolecular Hbond substituents is 1. The Labute approximate surface area is 132 Å². The quantitative estimate of drug-likeness (QED) is 0.518. The van der Waals surface area contributed by atoms with E-state index in [0.29, 0.717) is 6.07 Å². The largest absolute Gasteiger partial charge is 1.00 e. The molecule has 0 saturated heterocycles. The zero-order valence-corrected chi connectivity index (χ0v) is 11.8. The number of aldehydes is 1. The van der Waals surface area contributed by atoms with Crippen LogP contribution >= 0.6 is 0 Å². The van der Waals surface area contributed by atoms with Crippen molar-refractivity contribution in [3.63, 3.8) is 0 Å². The van der Waals surface area contributed by atoms with Crippen LogP contribution in [0.15, 0.2) is 12.1 Å². The van der Waals surface area contributed by atoms with Crippen LogP contribution in [0.5, 0.6) is 11.5 Å². The van der Waals surface area contributed by atoms with Crippen LogP contribution in [0.3, 0.4) is 0 Å². The number of hydrogen-bond acceptors (Lipinski definition) is 3. The molecule has 0 aliphatic carbocycles. The van der Waals surface area contributed by atoms with E-state index in [1.807, 2.05) is 0 Å². The van der Waals surface area contributed by atoms with Gasteiger partial charge in [0.2, 0.25) is 0 Å². The van der Waals surface area contributed by atoms with Crippen molar-refractivity contribution in [3.05, 3.63) is 17.7 Å². The van der Waals surface area contributed by atoms with Gasteiger partial charge in [-0.15, -0.1) is 0 Å². The van der Waals surface area contributed by atoms with Crippen LogP contribution in [0.2, 0.25) is 0 Å². The van der Waals surface area contributed by atoms with Crippen LogP contribution in [0, 0.1) is 0 Å². The fourth-order valence-electron chi connectivity index (χ4n) is 1.15. The Morgan fingerprint density at radius 3 is 2.31 bits per heavy atom. The van der Waals surface area contributed by atoms with Crippen LogP contribution in [-0.2, 0) is 0 Å². The maximum atomic E-state index is 12.4. The van der Waals surface area contributed by atoms with Gasteiger partial charge in [0, 0.05) is 0 Å². The molecule has 0 aliphatic rings. The minimum absolute atomic E-state index is 0. The van der Waals surface area contributed by atoms with E-state index in [-0.39, 0.29) is 63.4 Å². The maximum Gasteiger partial charge on any atom is 1.00 e. The second kappa shape index (κ2) is 6.06. The van der Waals surface area contributed by atoms with Gasteiger partial charge in [0.1, 0.15) is 6.29 Å². The number of carbonyl (C=O) groups excluding carboxylic acids is 1. The number of carbonyl (C=O) groups is 1. The molecule has 0 fully saturated rings. The van der Waals surface area contributed by atoms with E-state index in [1.54, 1.807) is 0 Å². The third-order valence-electron chi connectivity index (χ3n) is 1.86. The van der Waals surface area contributed by atoms with Gasteiger partial charge in [-0.2, -0.15) is 0 Å². The van der Waals surface area contributed by atoms with Crippen molar-refractivity contribution in [1.82, 2.24) is 0 Å². The summed E-state index contributed by atoms with van der Waals surface area (Å²) >= 11 is 0. The van der Waals surface area contributed by atoms with Crippen LogP contribution in [0.4, 0.5) is 12.9 Å². The minimum atomic E-state index is -5.33. The summed E-state index contributed by atoms with van der Waals surface area (Å²) in [7, 11) is 1.18. The van der Waals surface area contributed by atoms with Crippen LogP contribution in [0.25, 0.3) is 0 Å². The minimum Gasteiger partial charge on any atom is -0.504 e. The molecule has 0 atom stereocenters. The first kappa shape index (κ1) is 16.0. The SMILES string of the molecule is COc1cc(C=O)c([B-](F)(F)F)cc1O.[K+]. The summed E-state index contributed by atoms with van der Waals surface area (Å²) < 4.78 is 41.8. The molecular weight excluding hydrogens is 251 g/mol. The monoisotopic (exact) mass is 258 g/mol. The molecular formula is C8H7BF3KO3. The predicted molar refractivity (Wildman–Crippen MR) is 48.8 cm³/mol. The molecule has 0 spiro atoms. The molecule has 0 aromatic heterocycles. The van der Waals surface area contributed by atoms with Crippen molar-refractivity contribution in [3.8, 4) is 11.5 Å². The van der Waals surface area contributed by atoms with E-state index in [9.17, 15) is 17.7 Å². The number of benzene rings is 1. The molecule has 0 aliphatic heterocycles. The van der Waals surface area contributed by atoms with Gasteiger partial charge >= 0.3 is 58.4 Å². The Morgan fingerprint density at radius 2 is 1.94 bits per heavy atom. The number of methoxy groups -OCH3 is 1. The molecule has 0 amide bonds. The molecule has 8 heteroatoms. The van der Waals surface area contributed by atoms with Gasteiger partial charge in [0.15, 0.2) is 11.5 Å². The molecule has 0 unspecified atom stereocenters. The third-order valence-corrected chi connectivity index (χ3v) is 1.86. The summed E-state index contributed by atoms with van der Waals surface area (Å²) in [6.45, 7) is -5.33. The van der Waals surface area contributed by atoms with E-state index in [0.717, 1.165) is 6.07 Å². The Morgan fingerprint density at radius 1 is 1.38 bits per heavy atom. The van der Waals surface area contributed by atoms with E-state index >= 15 is 0 Å². The van der Waals surface area contributed by atoms with Crippen molar-refractivity contribution < 1.29 is 79.0 Å². The molecule has 1 N–H and O–H groups in total. The zero-order valence-electron chi connectivity index (χ0n) is 8.71. The average molecular weight is 258 g/mol. The smallest absolute Gasteiger partial charge is 0.504 e. The fourth-order valence-corrected chi connectivity index (χ4v) is 1.15. The van der Waals surface area contributed by atoms with Gasteiger partial charge in [-0.1, -0.05) is 5.46 Å². The second-order valence-corrected chi connectivity index (χ2v) is 2.85. The Bertz CT molecular complexity index is 395. The van der Waals surface area contributed by atoms with Crippen molar-refractivity contribution in [2.24, 2.45) is 0 Å². The molecule has 0 radical (unpaired) electrons. The number of hydrogen-bond donors (Lipinski definition) is 1. The third kappa shape index (κ3) is 3.49. The molecule has 1 aromatic carbocycles. The van der Waals surface area contributed by atoms with Gasteiger partial charge in [-0.3, -0.25) is 4.79 Å². The normalized spacial score (nSPS) is 10.5. The summed E-state index contributed by atoms with van der Waals surface area (Å²) in [5.74, 6) is -0.807. The Balaban J connectivity index is 0.00000225. The number of ether oxygens (including phenoxy) is 1. The summed E-state index contributed by atoms with van der Waals surface area (Å²) in [6.07, 6.45) is 0.0759. The molecule has 3 nitrogen and oxygen atoms in total. The van der Waals surface area contributed by atoms with Gasteiger partial charge in [-0.05, 0) is 17.7 Å². The van der Waals surface area contributed by atoms with Gasteiger partial charge in [0.05, 0.1) is 7.11 Å². The predicted octanol–water partition coefficient (Wildman–Crippen LogP) is -1.73. The Kier molecular flexibility index (Phi) is 6.05. The first-order chi connectivity index (χ1) is 6.90. The topological polar surface area (TPSA) is 46.5 Å². The van der Waals surface area contributed by atoms with Crippen molar-refractivity contribution in [2.75, 3.05) is 7.11 Å². The van der Waals surface area contributed by atoms with Crippen molar-refractivity contribution in [2.45, 2.75) is 0 Å². The van der Waals surface area contributed by atoms with Gasteiger partial charge < -0.3 is 22.8 Å². The molecule has 0 heterocycles. The van der Waals surface area contributed by atoms with Crippen molar-refractivity contribution >= 4 is 18.7 Å². The molecule has 82 valence electrons. The Hall–Kier alpha value is -0.0187. The summed E-state index contributed by atoms with van der Waals surface area (Å²) in [5, 5.41) is 9.14. The zero-order chi connectivity index (χ0) is 11.6. The average Bonchev–Trinajstić information content (AvgIpc) is 2.16. The number of halogens is 3. The van der Waals surface area contributed by atoms with E-state index in [4.69, 9.17) is 5.11 Å². The molecule has 1 rings (SSSR count). The van der Waals surface area contributed by atoms with Crippen LogP contribution in [0.1, 0.15) is 10.4 Å². The first-order valence-corrected chi connectivity index (χ1v) is 3.96. The summed E-state index contributed by atoms with van der Waals surface area (Å²) in [6, 6.07) is 1.34. The van der Waals surface area contributed by atoms with Crippen LogP contribution in [-0.4, -0.2) is 25.5 Å². The van der Waals surface area contributed by atoms with Crippen molar-refractivity contribution in [1.29, 1.82) is 0 Å². The number of rotatable bonds is 3. The second-order valence-electron chi connectivity index (χ2n) is 2.85. The molecule has 0 saturated carbocycles. The fraction of sp³-hybridized carbons (Fsp3) is 0.125. The first-order valence-electron chi connectivity index (χ1n) is 3.96. The van der Waals surface area contributed by atoms with Crippen LogP contribution < -0.4 is 61.6 Å². The molecule has 1 aromatic rings. The van der Waals surface area contributed by atoms with E-state index in [2.05, 4.69) is 4.74 Å². The van der Waals surface area contributed by atoms with Gasteiger partial charge in [-0.25, -0.2) is 0 Å². The van der Waals surface area contributed by atoms with E-state index in [1.165, 1.54) is 7.11 Å². The standard InChI is InChI=1S/C8H7BF3O3.K/c1-15-8-2-5(4-13)6(3-7(8)14)9(10,11)12;/h2-4,14H,1H3;/q-1;+1. The van der Waals surface area contributed by atoms with E-state index < -0.39 is 23.8 Å². The molecule has 0 bridgehead atoms. The summed E-state index contributed by atoms with van der Waals surface area (Å²) in [5.41, 5.74) is -1.67.